The summed E-state index contributed by atoms with van der Waals surface area (Å²) in [5.41, 5.74) is 0. The van der Waals surface area contributed by atoms with Crippen molar-refractivity contribution in [2.45, 2.75) is 71.6 Å². The molecule has 0 aromatic heterocycles. The van der Waals surface area contributed by atoms with Crippen LogP contribution >= 0.6 is 0 Å². The maximum absolute atomic E-state index is 10.3. The molecule has 0 aromatic rings. The highest BCUT2D eigenvalue weighted by Crippen LogP contribution is 2.18. The molecule has 2 heteroatoms. The minimum Gasteiger partial charge on any atom is -0.151 e. The van der Waals surface area contributed by atoms with Crippen LogP contribution < -0.4 is 0 Å². The van der Waals surface area contributed by atoms with E-state index in [-0.39, 0.29) is 0 Å². The molecule has 0 aliphatic carbocycles. The molecule has 0 spiro atoms. The Hall–Kier alpha value is -0.400. The van der Waals surface area contributed by atoms with Gasteiger partial charge in [0.15, 0.2) is 0 Å². The van der Waals surface area contributed by atoms with Crippen LogP contribution in [0.3, 0.4) is 0 Å². The first-order valence-corrected chi connectivity index (χ1v) is 6.64. The minimum absolute atomic E-state index is 0.538. The molecule has 0 bridgehead atoms. The minimum atomic E-state index is 0.538. The average Bonchev–Trinajstić information content (AvgIpc) is 2.24. The van der Waals surface area contributed by atoms with Gasteiger partial charge in [-0.15, -0.1) is 0 Å². The number of rotatable bonds is 11. The summed E-state index contributed by atoms with van der Waals surface area (Å²) in [4.78, 5) is 10.3. The lowest BCUT2D eigenvalue weighted by Gasteiger charge is -2.12. The van der Waals surface area contributed by atoms with E-state index in [0.717, 1.165) is 0 Å². The number of nitroso groups, excluding NO2 is 1. The molecule has 0 fully saturated rings. The summed E-state index contributed by atoms with van der Waals surface area (Å²) in [7, 11) is 0. The van der Waals surface area contributed by atoms with Gasteiger partial charge in [0.05, 0.1) is 6.54 Å². The smallest absolute Gasteiger partial charge is 0.0839 e. The van der Waals surface area contributed by atoms with Gasteiger partial charge in [0, 0.05) is 0 Å². The monoisotopic (exact) mass is 213 g/mol. The van der Waals surface area contributed by atoms with E-state index >= 15 is 0 Å². The predicted octanol–water partition coefficient (Wildman–Crippen LogP) is 4.92. The molecule has 0 N–H and O–H groups in total. The second-order valence-electron chi connectivity index (χ2n) is 4.52. The zero-order chi connectivity index (χ0) is 11.4. The lowest BCUT2D eigenvalue weighted by atomic mass is 9.95. The first-order valence-electron chi connectivity index (χ1n) is 6.64. The van der Waals surface area contributed by atoms with Crippen molar-refractivity contribution >= 4 is 0 Å². The molecule has 15 heavy (non-hydrogen) atoms. The van der Waals surface area contributed by atoms with Crippen LogP contribution in [0, 0.1) is 10.8 Å². The quantitative estimate of drug-likeness (QED) is 0.354. The van der Waals surface area contributed by atoms with Gasteiger partial charge in [0.2, 0.25) is 0 Å². The summed E-state index contributed by atoms with van der Waals surface area (Å²) >= 11 is 0. The summed E-state index contributed by atoms with van der Waals surface area (Å²) in [5.74, 6) is 0.561. The standard InChI is InChI=1S/C13H27NO/c1-3-5-7-9-11-13(12-14-15)10-8-6-4-2/h13H,3-12H2,1-2H3. The van der Waals surface area contributed by atoms with Crippen molar-refractivity contribution in [3.8, 4) is 0 Å². The Labute approximate surface area is 94.8 Å². The zero-order valence-corrected chi connectivity index (χ0v) is 10.5. The number of nitrogens with zero attached hydrogens (tertiary/aromatic N) is 1. The van der Waals surface area contributed by atoms with E-state index < -0.39 is 0 Å². The van der Waals surface area contributed by atoms with Gasteiger partial charge in [0.1, 0.15) is 0 Å². The number of hydrogen-bond acceptors (Lipinski definition) is 2. The molecule has 2 nitrogen and oxygen atoms in total. The molecule has 0 saturated carbocycles. The Morgan fingerprint density at radius 2 is 1.40 bits per heavy atom. The topological polar surface area (TPSA) is 29.4 Å². The Bertz CT molecular complexity index is 136. The fraction of sp³-hybridized carbons (Fsp3) is 1.00. The summed E-state index contributed by atoms with van der Waals surface area (Å²) in [6.45, 7) is 4.98. The Balaban J connectivity index is 3.48. The van der Waals surface area contributed by atoms with Crippen molar-refractivity contribution in [1.82, 2.24) is 0 Å². The van der Waals surface area contributed by atoms with E-state index in [0.29, 0.717) is 12.5 Å². The summed E-state index contributed by atoms with van der Waals surface area (Å²) < 4.78 is 0. The molecular weight excluding hydrogens is 186 g/mol. The zero-order valence-electron chi connectivity index (χ0n) is 10.5. The first kappa shape index (κ1) is 14.6. The van der Waals surface area contributed by atoms with E-state index in [4.69, 9.17) is 0 Å². The van der Waals surface area contributed by atoms with Gasteiger partial charge in [-0.3, -0.25) is 0 Å². The van der Waals surface area contributed by atoms with E-state index in [1.807, 2.05) is 0 Å². The summed E-state index contributed by atoms with van der Waals surface area (Å²) in [5, 5.41) is 3.06. The van der Waals surface area contributed by atoms with Crippen LogP contribution in [0.5, 0.6) is 0 Å². The SMILES string of the molecule is CCCCCCC(CCCCC)CN=O. The van der Waals surface area contributed by atoms with Gasteiger partial charge in [-0.25, -0.2) is 0 Å². The predicted molar refractivity (Wildman–Crippen MR) is 67.1 cm³/mol. The number of hydrogen-bond donors (Lipinski definition) is 0. The Morgan fingerprint density at radius 3 is 1.93 bits per heavy atom. The third kappa shape index (κ3) is 9.89. The van der Waals surface area contributed by atoms with Crippen LogP contribution in [-0.4, -0.2) is 6.54 Å². The van der Waals surface area contributed by atoms with Crippen molar-refractivity contribution in [3.63, 3.8) is 0 Å². The molecule has 1 atom stereocenters. The summed E-state index contributed by atoms with van der Waals surface area (Å²) in [6.07, 6.45) is 11.4. The second-order valence-corrected chi connectivity index (χ2v) is 4.52. The fourth-order valence-electron chi connectivity index (χ4n) is 1.98. The molecule has 0 aliphatic rings. The van der Waals surface area contributed by atoms with Crippen LogP contribution in [0.2, 0.25) is 0 Å². The molecule has 0 saturated heterocycles. The molecule has 0 aromatic carbocycles. The largest absolute Gasteiger partial charge is 0.151 e. The van der Waals surface area contributed by atoms with Crippen molar-refractivity contribution < 1.29 is 0 Å². The van der Waals surface area contributed by atoms with Crippen LogP contribution in [0.25, 0.3) is 0 Å². The molecule has 0 radical (unpaired) electrons. The van der Waals surface area contributed by atoms with Crippen molar-refractivity contribution in [2.24, 2.45) is 11.1 Å². The summed E-state index contributed by atoms with van der Waals surface area (Å²) in [6, 6.07) is 0. The molecule has 0 heterocycles. The third-order valence-electron chi connectivity index (χ3n) is 3.01. The Kier molecular flexibility index (Phi) is 11.4. The van der Waals surface area contributed by atoms with Crippen molar-refractivity contribution in [3.05, 3.63) is 4.91 Å². The maximum atomic E-state index is 10.3. The highest BCUT2D eigenvalue weighted by Gasteiger charge is 2.08. The van der Waals surface area contributed by atoms with Gasteiger partial charge in [0.25, 0.3) is 0 Å². The van der Waals surface area contributed by atoms with Crippen LogP contribution in [0.1, 0.15) is 71.6 Å². The van der Waals surface area contributed by atoms with Crippen molar-refractivity contribution in [1.29, 1.82) is 0 Å². The first-order chi connectivity index (χ1) is 7.35. The van der Waals surface area contributed by atoms with E-state index in [1.165, 1.54) is 57.8 Å². The van der Waals surface area contributed by atoms with Crippen LogP contribution in [-0.2, 0) is 0 Å². The van der Waals surface area contributed by atoms with Gasteiger partial charge in [-0.2, -0.15) is 4.91 Å². The number of unbranched alkanes of at least 4 members (excludes halogenated alkanes) is 5. The van der Waals surface area contributed by atoms with E-state index in [9.17, 15) is 4.91 Å². The highest BCUT2D eigenvalue weighted by atomic mass is 16.3. The third-order valence-corrected chi connectivity index (χ3v) is 3.01. The molecule has 0 amide bonds. The normalized spacial score (nSPS) is 12.7. The van der Waals surface area contributed by atoms with Crippen molar-refractivity contribution in [2.75, 3.05) is 6.54 Å². The van der Waals surface area contributed by atoms with E-state index in [2.05, 4.69) is 19.0 Å². The maximum Gasteiger partial charge on any atom is 0.0839 e. The molecule has 0 aliphatic heterocycles. The van der Waals surface area contributed by atoms with Gasteiger partial charge >= 0.3 is 0 Å². The molecule has 0 rings (SSSR count). The fourth-order valence-corrected chi connectivity index (χ4v) is 1.98. The van der Waals surface area contributed by atoms with Crippen LogP contribution in [0.15, 0.2) is 5.18 Å². The van der Waals surface area contributed by atoms with E-state index in [1.54, 1.807) is 0 Å². The molecule has 1 unspecified atom stereocenters. The van der Waals surface area contributed by atoms with Gasteiger partial charge < -0.3 is 0 Å². The lowest BCUT2D eigenvalue weighted by molar-refractivity contribution is 0.416. The molecule has 90 valence electrons. The van der Waals surface area contributed by atoms with Gasteiger partial charge in [-0.1, -0.05) is 64.0 Å². The van der Waals surface area contributed by atoms with Gasteiger partial charge in [-0.05, 0) is 18.8 Å². The van der Waals surface area contributed by atoms with Crippen LogP contribution in [0.4, 0.5) is 0 Å². The lowest BCUT2D eigenvalue weighted by Crippen LogP contribution is -2.04. The highest BCUT2D eigenvalue weighted by molar-refractivity contribution is 4.62. The molecular formula is C13H27NO. The Morgan fingerprint density at radius 1 is 0.867 bits per heavy atom. The average molecular weight is 213 g/mol. The second kappa shape index (κ2) is 11.7.